The van der Waals surface area contributed by atoms with E-state index in [4.69, 9.17) is 20.4 Å². The summed E-state index contributed by atoms with van der Waals surface area (Å²) in [7, 11) is 0. The lowest BCUT2D eigenvalue weighted by Crippen LogP contribution is -2.08. The van der Waals surface area contributed by atoms with Crippen LogP contribution in [0.1, 0.15) is 10.6 Å². The van der Waals surface area contributed by atoms with E-state index in [1.165, 1.54) is 0 Å². The van der Waals surface area contributed by atoms with Gasteiger partial charge in [-0.05, 0) is 12.1 Å². The zero-order chi connectivity index (χ0) is 15.1. The molecule has 1 aromatic carbocycles. The topological polar surface area (TPSA) is 131 Å². The maximum atomic E-state index is 10.7. The van der Waals surface area contributed by atoms with Gasteiger partial charge in [-0.2, -0.15) is 0 Å². The molecule has 0 atom stereocenters. The molecule has 1 amide bonds. The van der Waals surface area contributed by atoms with Gasteiger partial charge in [-0.1, -0.05) is 18.2 Å². The Hall–Kier alpha value is -3.09. The molecule has 0 radical (unpaired) electrons. The molecule has 7 heteroatoms. The number of fused-ring (bicyclic) bond motifs is 1. The van der Waals surface area contributed by atoms with Crippen molar-refractivity contribution in [1.29, 1.82) is 0 Å². The lowest BCUT2D eigenvalue weighted by Gasteiger charge is -1.83. The van der Waals surface area contributed by atoms with Crippen LogP contribution in [-0.4, -0.2) is 28.1 Å². The lowest BCUT2D eigenvalue weighted by atomic mass is 10.2. The smallest absolute Gasteiger partial charge is 0.328 e. The molecule has 0 unspecified atom stereocenters. The highest BCUT2D eigenvalue weighted by molar-refractivity contribution is 5.94. The van der Waals surface area contributed by atoms with E-state index >= 15 is 0 Å². The van der Waals surface area contributed by atoms with E-state index in [1.807, 2.05) is 18.2 Å². The number of primary amides is 1. The van der Waals surface area contributed by atoms with Crippen LogP contribution in [0, 0.1) is 0 Å². The van der Waals surface area contributed by atoms with E-state index in [0.29, 0.717) is 17.7 Å². The molecule has 1 aromatic heterocycles. The molecule has 4 N–H and O–H groups in total. The minimum atomic E-state index is -1.26. The first-order chi connectivity index (χ1) is 9.40. The summed E-state index contributed by atoms with van der Waals surface area (Å²) in [6.45, 7) is 0. The molecule has 2 rings (SSSR count). The minimum absolute atomic E-state index is 0.205. The van der Waals surface area contributed by atoms with Crippen molar-refractivity contribution in [2.75, 3.05) is 0 Å². The summed E-state index contributed by atoms with van der Waals surface area (Å²) in [6.07, 6.45) is 1.12. The number of hydrogen-bond acceptors (Lipinski definition) is 4. The van der Waals surface area contributed by atoms with Crippen LogP contribution in [0.5, 0.6) is 0 Å². The minimum Gasteiger partial charge on any atom is -0.478 e. The molecule has 0 bridgehead atoms. The number of aliphatic carboxylic acids is 2. The molecule has 20 heavy (non-hydrogen) atoms. The normalized spacial score (nSPS) is 10.0. The highest BCUT2D eigenvalue weighted by Gasteiger charge is 2.06. The number of carboxylic acids is 2. The van der Waals surface area contributed by atoms with Crippen LogP contribution in [0.2, 0.25) is 0 Å². The highest BCUT2D eigenvalue weighted by atomic mass is 16.4. The molecular formula is C13H11NO6. The lowest BCUT2D eigenvalue weighted by molar-refractivity contribution is -0.134. The predicted molar refractivity (Wildman–Crippen MR) is 69.1 cm³/mol. The fourth-order valence-electron chi connectivity index (χ4n) is 1.25. The Labute approximate surface area is 112 Å². The van der Waals surface area contributed by atoms with Crippen molar-refractivity contribution in [2.45, 2.75) is 0 Å². The Morgan fingerprint density at radius 2 is 1.60 bits per heavy atom. The van der Waals surface area contributed by atoms with Crippen LogP contribution in [0.3, 0.4) is 0 Å². The molecule has 0 saturated heterocycles. The molecule has 0 aliphatic rings. The zero-order valence-electron chi connectivity index (χ0n) is 10.1. The highest BCUT2D eigenvalue weighted by Crippen LogP contribution is 2.17. The fourth-order valence-corrected chi connectivity index (χ4v) is 1.25. The number of hydrogen-bond donors (Lipinski definition) is 3. The SMILES string of the molecule is NC(=O)c1cc2ccccc2o1.O=C(O)C=CC(=O)O. The first-order valence-corrected chi connectivity index (χ1v) is 5.32. The van der Waals surface area contributed by atoms with Crippen molar-refractivity contribution in [3.8, 4) is 0 Å². The summed E-state index contributed by atoms with van der Waals surface area (Å²) in [5, 5.41) is 16.5. The maximum absolute atomic E-state index is 10.7. The summed E-state index contributed by atoms with van der Waals surface area (Å²) in [5.41, 5.74) is 5.73. The van der Waals surface area contributed by atoms with E-state index in [9.17, 15) is 14.4 Å². The summed E-state index contributed by atoms with van der Waals surface area (Å²) in [6, 6.07) is 9.02. The number of nitrogens with two attached hydrogens (primary N) is 1. The molecular weight excluding hydrogens is 266 g/mol. The second kappa shape index (κ2) is 6.74. The van der Waals surface area contributed by atoms with Crippen LogP contribution in [0.25, 0.3) is 11.0 Å². The number of para-hydroxylation sites is 1. The number of furan rings is 1. The molecule has 7 nitrogen and oxygen atoms in total. The van der Waals surface area contributed by atoms with Gasteiger partial charge in [0.1, 0.15) is 5.58 Å². The maximum Gasteiger partial charge on any atom is 0.328 e. The van der Waals surface area contributed by atoms with Crippen molar-refractivity contribution < 1.29 is 29.0 Å². The van der Waals surface area contributed by atoms with Crippen molar-refractivity contribution >= 4 is 28.8 Å². The van der Waals surface area contributed by atoms with Gasteiger partial charge in [0.05, 0.1) is 0 Å². The summed E-state index contributed by atoms with van der Waals surface area (Å²) < 4.78 is 5.15. The van der Waals surface area contributed by atoms with Crippen LogP contribution in [-0.2, 0) is 9.59 Å². The van der Waals surface area contributed by atoms with Crippen LogP contribution < -0.4 is 5.73 Å². The Kier molecular flexibility index (Phi) is 5.04. The molecule has 0 aliphatic carbocycles. The molecule has 0 saturated carbocycles. The van der Waals surface area contributed by atoms with Gasteiger partial charge in [0.15, 0.2) is 5.76 Å². The number of benzene rings is 1. The molecule has 0 aliphatic heterocycles. The number of amides is 1. The molecule has 1 heterocycles. The van der Waals surface area contributed by atoms with Crippen LogP contribution in [0.15, 0.2) is 46.9 Å². The Bertz CT molecular complexity index is 621. The van der Waals surface area contributed by atoms with E-state index in [2.05, 4.69) is 0 Å². The van der Waals surface area contributed by atoms with Crippen LogP contribution in [0.4, 0.5) is 0 Å². The Morgan fingerprint density at radius 1 is 1.05 bits per heavy atom. The third-order valence-electron chi connectivity index (χ3n) is 2.04. The van der Waals surface area contributed by atoms with Crippen molar-refractivity contribution in [2.24, 2.45) is 5.73 Å². The second-order valence-corrected chi connectivity index (χ2v) is 3.52. The van der Waals surface area contributed by atoms with E-state index in [0.717, 1.165) is 5.39 Å². The van der Waals surface area contributed by atoms with E-state index in [1.54, 1.807) is 12.1 Å². The standard InChI is InChI=1S/C9H7NO2.C4H4O4/c10-9(11)8-5-6-3-1-2-4-7(6)12-8;5-3(6)1-2-4(7)8/h1-5H,(H2,10,11);1-2H,(H,5,6)(H,7,8). The molecule has 2 aromatic rings. The van der Waals surface area contributed by atoms with E-state index in [-0.39, 0.29) is 5.76 Å². The summed E-state index contributed by atoms with van der Waals surface area (Å²) in [5.74, 6) is -2.85. The number of carboxylic acid groups (broad SMARTS) is 2. The quantitative estimate of drug-likeness (QED) is 0.723. The number of carbonyl (C=O) groups is 3. The largest absolute Gasteiger partial charge is 0.478 e. The van der Waals surface area contributed by atoms with Gasteiger partial charge >= 0.3 is 11.9 Å². The fraction of sp³-hybridized carbons (Fsp3) is 0. The van der Waals surface area contributed by atoms with Crippen molar-refractivity contribution in [1.82, 2.24) is 0 Å². The van der Waals surface area contributed by atoms with Gasteiger partial charge < -0.3 is 20.4 Å². The number of carbonyl (C=O) groups excluding carboxylic acids is 1. The van der Waals surface area contributed by atoms with Gasteiger partial charge in [0.25, 0.3) is 5.91 Å². The Morgan fingerprint density at radius 3 is 2.05 bits per heavy atom. The van der Waals surface area contributed by atoms with Gasteiger partial charge in [-0.3, -0.25) is 4.79 Å². The van der Waals surface area contributed by atoms with Crippen molar-refractivity contribution in [3.05, 3.63) is 48.2 Å². The second-order valence-electron chi connectivity index (χ2n) is 3.52. The van der Waals surface area contributed by atoms with Gasteiger partial charge in [0.2, 0.25) is 0 Å². The monoisotopic (exact) mass is 277 g/mol. The average Bonchev–Trinajstić information content (AvgIpc) is 2.81. The zero-order valence-corrected chi connectivity index (χ0v) is 10.1. The molecule has 104 valence electrons. The van der Waals surface area contributed by atoms with Gasteiger partial charge in [-0.25, -0.2) is 9.59 Å². The average molecular weight is 277 g/mol. The third kappa shape index (κ3) is 4.65. The molecule has 0 spiro atoms. The molecule has 0 fully saturated rings. The Balaban J connectivity index is 0.000000221. The third-order valence-corrected chi connectivity index (χ3v) is 2.04. The van der Waals surface area contributed by atoms with Gasteiger partial charge in [0, 0.05) is 17.5 Å². The van der Waals surface area contributed by atoms with Gasteiger partial charge in [-0.15, -0.1) is 0 Å². The van der Waals surface area contributed by atoms with Crippen molar-refractivity contribution in [3.63, 3.8) is 0 Å². The number of rotatable bonds is 3. The first kappa shape index (κ1) is 15.0. The first-order valence-electron chi connectivity index (χ1n) is 5.32. The van der Waals surface area contributed by atoms with E-state index < -0.39 is 17.8 Å². The summed E-state index contributed by atoms with van der Waals surface area (Å²) >= 11 is 0. The predicted octanol–water partition coefficient (Wildman–Crippen LogP) is 1.24. The summed E-state index contributed by atoms with van der Waals surface area (Å²) in [4.78, 5) is 29.8. The van der Waals surface area contributed by atoms with Crippen LogP contribution >= 0.6 is 0 Å².